The van der Waals surface area contributed by atoms with E-state index in [1.807, 2.05) is 12.3 Å². The molecule has 2 rings (SSSR count). The van der Waals surface area contributed by atoms with Crippen molar-refractivity contribution in [1.29, 1.82) is 0 Å². The lowest BCUT2D eigenvalue weighted by atomic mass is 10.3. The summed E-state index contributed by atoms with van der Waals surface area (Å²) in [7, 11) is -3.50. The van der Waals surface area contributed by atoms with Gasteiger partial charge in [-0.3, -0.25) is 0 Å². The summed E-state index contributed by atoms with van der Waals surface area (Å²) in [5.74, 6) is 0. The Bertz CT molecular complexity index is 665. The summed E-state index contributed by atoms with van der Waals surface area (Å²) in [6.07, 6.45) is 0.575. The van der Waals surface area contributed by atoms with Crippen LogP contribution in [-0.2, 0) is 16.4 Å². The molecule has 19 heavy (non-hydrogen) atoms. The second-order valence-electron chi connectivity index (χ2n) is 4.08. The lowest BCUT2D eigenvalue weighted by Crippen LogP contribution is -2.26. The summed E-state index contributed by atoms with van der Waals surface area (Å²) >= 11 is 1.56. The molecule has 0 aliphatic carbocycles. The molecule has 5 nitrogen and oxygen atoms in total. The molecule has 2 aromatic rings. The Morgan fingerprint density at radius 1 is 1.42 bits per heavy atom. The summed E-state index contributed by atoms with van der Waals surface area (Å²) < 4.78 is 26.5. The first-order valence-corrected chi connectivity index (χ1v) is 8.10. The zero-order valence-corrected chi connectivity index (χ0v) is 12.1. The molecular weight excluding hydrogens is 282 g/mol. The number of nitrogen functional groups attached to an aromatic ring is 1. The monoisotopic (exact) mass is 297 g/mol. The van der Waals surface area contributed by atoms with E-state index >= 15 is 0 Å². The van der Waals surface area contributed by atoms with Crippen molar-refractivity contribution in [2.24, 2.45) is 0 Å². The van der Waals surface area contributed by atoms with E-state index < -0.39 is 10.0 Å². The van der Waals surface area contributed by atoms with Crippen LogP contribution < -0.4 is 10.5 Å². The van der Waals surface area contributed by atoms with Gasteiger partial charge in [0.25, 0.3) is 0 Å². The number of benzene rings is 1. The van der Waals surface area contributed by atoms with Crippen molar-refractivity contribution in [2.45, 2.75) is 18.2 Å². The molecule has 0 radical (unpaired) electrons. The van der Waals surface area contributed by atoms with Crippen LogP contribution in [0.1, 0.15) is 10.7 Å². The number of hydrogen-bond acceptors (Lipinski definition) is 5. The Labute approximate surface area is 116 Å². The van der Waals surface area contributed by atoms with E-state index in [2.05, 4.69) is 9.71 Å². The van der Waals surface area contributed by atoms with Crippen LogP contribution in [0, 0.1) is 6.92 Å². The van der Waals surface area contributed by atoms with Crippen molar-refractivity contribution in [1.82, 2.24) is 9.71 Å². The maximum atomic E-state index is 12.0. The smallest absolute Gasteiger partial charge is 0.240 e. The fourth-order valence-corrected chi connectivity index (χ4v) is 3.34. The summed E-state index contributed by atoms with van der Waals surface area (Å²) in [5, 5.41) is 2.91. The minimum absolute atomic E-state index is 0.182. The van der Waals surface area contributed by atoms with E-state index in [-0.39, 0.29) is 4.90 Å². The number of anilines is 1. The number of hydrogen-bond donors (Lipinski definition) is 2. The highest BCUT2D eigenvalue weighted by molar-refractivity contribution is 7.89. The first kappa shape index (κ1) is 14.0. The van der Waals surface area contributed by atoms with E-state index in [1.54, 1.807) is 23.5 Å². The number of nitrogens with two attached hydrogens (primary N) is 1. The number of nitrogens with zero attached hydrogens (tertiary/aromatic N) is 1. The summed E-state index contributed by atoms with van der Waals surface area (Å²) in [5.41, 5.74) is 6.91. The van der Waals surface area contributed by atoms with Crippen LogP contribution in [0.2, 0.25) is 0 Å². The third-order valence-electron chi connectivity index (χ3n) is 2.51. The lowest BCUT2D eigenvalue weighted by molar-refractivity contribution is 0.581. The van der Waals surface area contributed by atoms with Crippen LogP contribution in [0.25, 0.3) is 0 Å². The Balaban J connectivity index is 1.98. The molecule has 7 heteroatoms. The van der Waals surface area contributed by atoms with Gasteiger partial charge in [-0.1, -0.05) is 6.07 Å². The van der Waals surface area contributed by atoms with Crippen molar-refractivity contribution >= 4 is 27.0 Å². The molecule has 0 fully saturated rings. The van der Waals surface area contributed by atoms with E-state index in [9.17, 15) is 8.42 Å². The Morgan fingerprint density at radius 2 is 2.21 bits per heavy atom. The lowest BCUT2D eigenvalue weighted by Gasteiger charge is -2.06. The van der Waals surface area contributed by atoms with E-state index in [1.165, 1.54) is 12.1 Å². The van der Waals surface area contributed by atoms with Gasteiger partial charge in [0.15, 0.2) is 0 Å². The van der Waals surface area contributed by atoms with Crippen molar-refractivity contribution in [3.8, 4) is 0 Å². The van der Waals surface area contributed by atoms with E-state index in [4.69, 9.17) is 5.73 Å². The molecule has 0 bridgehead atoms. The van der Waals surface area contributed by atoms with Gasteiger partial charge in [0.05, 0.1) is 15.6 Å². The van der Waals surface area contributed by atoms with Crippen LogP contribution in [0.4, 0.5) is 5.69 Å². The molecular formula is C12H15N3O2S2. The fraction of sp³-hybridized carbons (Fsp3) is 0.250. The molecule has 3 N–H and O–H groups in total. The number of nitrogens with one attached hydrogen (secondary N) is 1. The van der Waals surface area contributed by atoms with Gasteiger partial charge in [-0.05, 0) is 25.1 Å². The Hall–Kier alpha value is -1.44. The fourth-order valence-electron chi connectivity index (χ4n) is 1.60. The first-order valence-electron chi connectivity index (χ1n) is 5.73. The molecule has 1 aromatic carbocycles. The van der Waals surface area contributed by atoms with Gasteiger partial charge in [-0.15, -0.1) is 11.3 Å². The standard InChI is InChI=1S/C12H15N3O2S2/c1-9-15-11(8-18-9)5-6-14-19(16,17)12-4-2-3-10(13)7-12/h2-4,7-8,14H,5-6,13H2,1H3. The molecule has 0 unspecified atom stereocenters. The highest BCUT2D eigenvalue weighted by Crippen LogP contribution is 2.13. The van der Waals surface area contributed by atoms with Crippen molar-refractivity contribution < 1.29 is 8.42 Å². The van der Waals surface area contributed by atoms with Crippen LogP contribution in [0.5, 0.6) is 0 Å². The molecule has 0 amide bonds. The molecule has 1 heterocycles. The summed E-state index contributed by atoms with van der Waals surface area (Å²) in [4.78, 5) is 4.46. The molecule has 0 saturated heterocycles. The average molecular weight is 297 g/mol. The van der Waals surface area contributed by atoms with Crippen LogP contribution in [0.3, 0.4) is 0 Å². The average Bonchev–Trinajstić information content (AvgIpc) is 2.75. The highest BCUT2D eigenvalue weighted by atomic mass is 32.2. The van der Waals surface area contributed by atoms with E-state index in [0.29, 0.717) is 18.7 Å². The minimum Gasteiger partial charge on any atom is -0.399 e. The van der Waals surface area contributed by atoms with E-state index in [0.717, 1.165) is 10.7 Å². The Kier molecular flexibility index (Phi) is 4.18. The maximum absolute atomic E-state index is 12.0. The zero-order chi connectivity index (χ0) is 13.9. The van der Waals surface area contributed by atoms with Gasteiger partial charge in [-0.25, -0.2) is 18.1 Å². The largest absolute Gasteiger partial charge is 0.399 e. The maximum Gasteiger partial charge on any atom is 0.240 e. The van der Waals surface area contributed by atoms with Crippen molar-refractivity contribution in [3.05, 3.63) is 40.3 Å². The zero-order valence-electron chi connectivity index (χ0n) is 10.5. The number of thiazole rings is 1. The van der Waals surface area contributed by atoms with Gasteiger partial charge >= 0.3 is 0 Å². The number of rotatable bonds is 5. The van der Waals surface area contributed by atoms with Crippen molar-refractivity contribution in [2.75, 3.05) is 12.3 Å². The summed E-state index contributed by atoms with van der Waals surface area (Å²) in [6, 6.07) is 6.23. The predicted molar refractivity (Wildman–Crippen MR) is 76.6 cm³/mol. The number of aryl methyl sites for hydroxylation is 1. The SMILES string of the molecule is Cc1nc(CCNS(=O)(=O)c2cccc(N)c2)cs1. The third-order valence-corrected chi connectivity index (χ3v) is 4.79. The highest BCUT2D eigenvalue weighted by Gasteiger charge is 2.13. The molecule has 0 saturated carbocycles. The second kappa shape index (κ2) is 5.68. The number of sulfonamides is 1. The molecule has 1 aromatic heterocycles. The van der Waals surface area contributed by atoms with Gasteiger partial charge in [0.2, 0.25) is 10.0 Å². The van der Waals surface area contributed by atoms with Crippen molar-refractivity contribution in [3.63, 3.8) is 0 Å². The van der Waals surface area contributed by atoms with Crippen LogP contribution in [-0.4, -0.2) is 19.9 Å². The quantitative estimate of drug-likeness (QED) is 0.820. The van der Waals surface area contributed by atoms with Gasteiger partial charge in [0.1, 0.15) is 0 Å². The van der Waals surface area contributed by atoms with Gasteiger partial charge in [0, 0.05) is 24.0 Å². The second-order valence-corrected chi connectivity index (χ2v) is 6.91. The molecule has 0 aliphatic heterocycles. The minimum atomic E-state index is -3.50. The normalized spacial score (nSPS) is 11.6. The first-order chi connectivity index (χ1) is 8.97. The summed E-state index contributed by atoms with van der Waals surface area (Å²) in [6.45, 7) is 2.24. The topological polar surface area (TPSA) is 85.1 Å². The predicted octanol–water partition coefficient (Wildman–Crippen LogP) is 1.55. The van der Waals surface area contributed by atoms with Gasteiger partial charge in [-0.2, -0.15) is 0 Å². The third kappa shape index (κ3) is 3.76. The Morgan fingerprint density at radius 3 is 2.84 bits per heavy atom. The molecule has 0 atom stereocenters. The molecule has 0 aliphatic rings. The molecule has 102 valence electrons. The van der Waals surface area contributed by atoms with Crippen LogP contribution >= 0.6 is 11.3 Å². The number of aromatic nitrogens is 1. The molecule has 0 spiro atoms. The van der Waals surface area contributed by atoms with Gasteiger partial charge < -0.3 is 5.73 Å². The van der Waals surface area contributed by atoms with Crippen LogP contribution in [0.15, 0.2) is 34.5 Å².